The molecule has 0 amide bonds. The lowest BCUT2D eigenvalue weighted by molar-refractivity contribution is 0.637. The average Bonchev–Trinajstić information content (AvgIpc) is 2.74. The molecule has 0 aliphatic heterocycles. The summed E-state index contributed by atoms with van der Waals surface area (Å²) in [6.07, 6.45) is 4.90. The first-order valence-corrected chi connectivity index (χ1v) is 8.62. The van der Waals surface area contributed by atoms with E-state index in [0.29, 0.717) is 28.0 Å². The number of rotatable bonds is 5. The van der Waals surface area contributed by atoms with Crippen LogP contribution in [0.15, 0.2) is 66.3 Å². The van der Waals surface area contributed by atoms with Crippen molar-refractivity contribution >= 4 is 22.4 Å². The Hall–Kier alpha value is -3.85. The molecule has 3 rings (SSSR count). The Bertz CT molecular complexity index is 1160. The molecule has 6 heteroatoms. The average molecular weight is 371 g/mol. The van der Waals surface area contributed by atoms with Gasteiger partial charge in [0.2, 0.25) is 0 Å². The smallest absolute Gasteiger partial charge is 0.180 e. The number of aromatic nitrogens is 2. The first-order chi connectivity index (χ1) is 13.6. The number of halogens is 1. The minimum absolute atomic E-state index is 0.185. The highest BCUT2D eigenvalue weighted by molar-refractivity contribution is 6.08. The zero-order chi connectivity index (χ0) is 20.1. The van der Waals surface area contributed by atoms with Gasteiger partial charge in [-0.25, -0.2) is 14.4 Å². The van der Waals surface area contributed by atoms with Gasteiger partial charge in [-0.3, -0.25) is 4.99 Å². The van der Waals surface area contributed by atoms with Crippen LogP contribution in [0.1, 0.15) is 18.3 Å². The first kappa shape index (κ1) is 18.9. The fraction of sp³-hybridized carbons (Fsp3) is 0.0909. The standard InChI is InChI=1S/C22H18FN5/c1-4-9-26-19(5-2)22-27-20-17(21(25-3)28-22)11-16(12-18(20)23)15-8-6-7-14(10-15)13-24/h4-12H,2H2,1,3H3,(H,25,27,28)/b9-4-,26-19?. The molecule has 0 radical (unpaired) electrons. The minimum Gasteiger partial charge on any atom is -0.373 e. The summed E-state index contributed by atoms with van der Waals surface area (Å²) in [5, 5.41) is 12.6. The number of anilines is 1. The largest absolute Gasteiger partial charge is 0.373 e. The quantitative estimate of drug-likeness (QED) is 0.650. The zero-order valence-corrected chi connectivity index (χ0v) is 15.6. The van der Waals surface area contributed by atoms with E-state index in [-0.39, 0.29) is 11.3 Å². The third-order valence-electron chi connectivity index (χ3n) is 4.10. The number of allylic oxidation sites excluding steroid dienone is 2. The van der Waals surface area contributed by atoms with E-state index in [2.05, 4.69) is 32.9 Å². The van der Waals surface area contributed by atoms with Gasteiger partial charge in [-0.15, -0.1) is 0 Å². The lowest BCUT2D eigenvalue weighted by Gasteiger charge is -2.11. The Morgan fingerprint density at radius 2 is 2.07 bits per heavy atom. The van der Waals surface area contributed by atoms with Gasteiger partial charge in [-0.1, -0.05) is 24.8 Å². The van der Waals surface area contributed by atoms with Crippen LogP contribution >= 0.6 is 0 Å². The maximum absolute atomic E-state index is 15.0. The Morgan fingerprint density at radius 1 is 1.25 bits per heavy atom. The predicted octanol–water partition coefficient (Wildman–Crippen LogP) is 4.86. The molecule has 0 saturated carbocycles. The summed E-state index contributed by atoms with van der Waals surface area (Å²) in [5.41, 5.74) is 2.52. The molecule has 2 aromatic carbocycles. The monoisotopic (exact) mass is 371 g/mol. The van der Waals surface area contributed by atoms with Gasteiger partial charge in [-0.2, -0.15) is 5.26 Å². The van der Waals surface area contributed by atoms with Gasteiger partial charge in [0.1, 0.15) is 22.9 Å². The molecule has 0 unspecified atom stereocenters. The molecule has 0 aliphatic rings. The lowest BCUT2D eigenvalue weighted by Crippen LogP contribution is -2.08. The van der Waals surface area contributed by atoms with Crippen LogP contribution < -0.4 is 5.32 Å². The summed E-state index contributed by atoms with van der Waals surface area (Å²) in [4.78, 5) is 13.1. The number of nitrogens with zero attached hydrogens (tertiary/aromatic N) is 4. The number of benzene rings is 2. The number of fused-ring (bicyclic) bond motifs is 1. The Morgan fingerprint density at radius 3 is 2.75 bits per heavy atom. The molecule has 0 aliphatic carbocycles. The summed E-state index contributed by atoms with van der Waals surface area (Å²) in [6, 6.07) is 12.3. The van der Waals surface area contributed by atoms with Crippen LogP contribution in [0.4, 0.5) is 10.2 Å². The van der Waals surface area contributed by atoms with Crippen molar-refractivity contribution in [3.8, 4) is 17.2 Å². The fourth-order valence-corrected chi connectivity index (χ4v) is 2.79. The molecule has 0 spiro atoms. The maximum Gasteiger partial charge on any atom is 0.180 e. The van der Waals surface area contributed by atoms with E-state index in [1.165, 1.54) is 12.1 Å². The Kier molecular flexibility index (Phi) is 5.56. The van der Waals surface area contributed by atoms with Gasteiger partial charge in [0, 0.05) is 18.6 Å². The highest BCUT2D eigenvalue weighted by Crippen LogP contribution is 2.30. The molecule has 0 bridgehead atoms. The van der Waals surface area contributed by atoms with Crippen molar-refractivity contribution in [3.05, 3.63) is 78.5 Å². The molecule has 1 aromatic heterocycles. The van der Waals surface area contributed by atoms with E-state index in [1.54, 1.807) is 43.6 Å². The van der Waals surface area contributed by atoms with Crippen LogP contribution in [0.5, 0.6) is 0 Å². The van der Waals surface area contributed by atoms with Gasteiger partial charge < -0.3 is 5.32 Å². The Labute approximate surface area is 162 Å². The highest BCUT2D eigenvalue weighted by atomic mass is 19.1. The molecule has 28 heavy (non-hydrogen) atoms. The van der Waals surface area contributed by atoms with Gasteiger partial charge in [-0.05, 0) is 48.4 Å². The number of aliphatic imine (C=N–C) groups is 1. The van der Waals surface area contributed by atoms with Crippen molar-refractivity contribution in [1.82, 2.24) is 9.97 Å². The third kappa shape index (κ3) is 3.64. The van der Waals surface area contributed by atoms with Crippen LogP contribution in [0.25, 0.3) is 22.0 Å². The topological polar surface area (TPSA) is 74.0 Å². The van der Waals surface area contributed by atoms with Gasteiger partial charge in [0.05, 0.1) is 11.6 Å². The van der Waals surface area contributed by atoms with E-state index in [4.69, 9.17) is 5.26 Å². The van der Waals surface area contributed by atoms with E-state index in [0.717, 1.165) is 5.56 Å². The fourth-order valence-electron chi connectivity index (χ4n) is 2.79. The Balaban J connectivity index is 2.24. The summed E-state index contributed by atoms with van der Waals surface area (Å²) in [6.45, 7) is 5.57. The van der Waals surface area contributed by atoms with Crippen molar-refractivity contribution in [1.29, 1.82) is 5.26 Å². The van der Waals surface area contributed by atoms with E-state index in [1.807, 2.05) is 13.0 Å². The van der Waals surface area contributed by atoms with Crippen LogP contribution in [0.3, 0.4) is 0 Å². The van der Waals surface area contributed by atoms with Gasteiger partial charge >= 0.3 is 0 Å². The maximum atomic E-state index is 15.0. The number of hydrogen-bond donors (Lipinski definition) is 1. The SMILES string of the molecule is C=CC(=N/C=C\C)c1nc(NC)c2cc(-c3cccc(C#N)c3)cc(F)c2n1. The third-order valence-corrected chi connectivity index (χ3v) is 4.10. The molecule has 3 aromatic rings. The van der Waals surface area contributed by atoms with Gasteiger partial charge in [0.25, 0.3) is 0 Å². The lowest BCUT2D eigenvalue weighted by atomic mass is 10.0. The minimum atomic E-state index is -0.482. The predicted molar refractivity (Wildman–Crippen MR) is 111 cm³/mol. The molecule has 5 nitrogen and oxygen atoms in total. The van der Waals surface area contributed by atoms with E-state index >= 15 is 0 Å². The highest BCUT2D eigenvalue weighted by Gasteiger charge is 2.15. The van der Waals surface area contributed by atoms with Crippen LogP contribution in [0, 0.1) is 17.1 Å². The van der Waals surface area contributed by atoms with Crippen LogP contribution in [0.2, 0.25) is 0 Å². The summed E-state index contributed by atoms with van der Waals surface area (Å²) in [7, 11) is 1.71. The number of hydrogen-bond acceptors (Lipinski definition) is 5. The van der Waals surface area contributed by atoms with E-state index in [9.17, 15) is 4.39 Å². The van der Waals surface area contributed by atoms with Crippen molar-refractivity contribution in [3.63, 3.8) is 0 Å². The summed E-state index contributed by atoms with van der Waals surface area (Å²) < 4.78 is 15.0. The second-order valence-electron chi connectivity index (χ2n) is 5.89. The second-order valence-corrected chi connectivity index (χ2v) is 5.89. The van der Waals surface area contributed by atoms with E-state index < -0.39 is 5.82 Å². The number of nitriles is 1. The zero-order valence-electron chi connectivity index (χ0n) is 15.6. The molecular formula is C22H18FN5. The molecule has 1 N–H and O–H groups in total. The molecule has 0 atom stereocenters. The molecule has 138 valence electrons. The molecule has 0 saturated heterocycles. The molecule has 0 fully saturated rings. The first-order valence-electron chi connectivity index (χ1n) is 8.62. The number of nitrogens with one attached hydrogen (secondary N) is 1. The van der Waals surface area contributed by atoms with Crippen molar-refractivity contribution in [2.75, 3.05) is 12.4 Å². The molecular weight excluding hydrogens is 353 g/mol. The summed E-state index contributed by atoms with van der Waals surface area (Å²) in [5.74, 6) is 0.278. The second kappa shape index (κ2) is 8.23. The van der Waals surface area contributed by atoms with Crippen molar-refractivity contribution in [2.24, 2.45) is 4.99 Å². The van der Waals surface area contributed by atoms with Crippen LogP contribution in [-0.2, 0) is 0 Å². The normalized spacial score (nSPS) is 11.6. The molecule has 1 heterocycles. The van der Waals surface area contributed by atoms with Crippen LogP contribution in [-0.4, -0.2) is 22.7 Å². The van der Waals surface area contributed by atoms with Crippen molar-refractivity contribution in [2.45, 2.75) is 6.92 Å². The van der Waals surface area contributed by atoms with Gasteiger partial charge in [0.15, 0.2) is 5.82 Å². The van der Waals surface area contributed by atoms with Crippen molar-refractivity contribution < 1.29 is 4.39 Å². The summed E-state index contributed by atoms with van der Waals surface area (Å²) >= 11 is 0.